The van der Waals surface area contributed by atoms with Gasteiger partial charge in [0.2, 0.25) is 5.91 Å². The van der Waals surface area contributed by atoms with Crippen LogP contribution in [0.4, 0.5) is 0 Å². The summed E-state index contributed by atoms with van der Waals surface area (Å²) in [6.07, 6.45) is 43.3. The molecule has 47 heavy (non-hydrogen) atoms. The van der Waals surface area contributed by atoms with Crippen molar-refractivity contribution in [3.63, 3.8) is 0 Å². The number of aliphatic hydroxyl groups is 3. The quantitative estimate of drug-likeness (QED) is 0.0390. The predicted molar refractivity (Wildman–Crippen MR) is 204 cm³/mol. The van der Waals surface area contributed by atoms with Crippen molar-refractivity contribution in [2.45, 2.75) is 244 Å². The van der Waals surface area contributed by atoms with Gasteiger partial charge in [-0.15, -0.1) is 0 Å². The SMILES string of the molecule is CCCCCCCCCCCCCCCCCCCC/C=C/CCCC(O)C(O)C(CO)NC(=O)CCCCCCCCCCCC. The first-order valence-electron chi connectivity index (χ1n) is 21.0. The topological polar surface area (TPSA) is 89.8 Å². The number of hydrogen-bond donors (Lipinski definition) is 4. The van der Waals surface area contributed by atoms with Gasteiger partial charge >= 0.3 is 0 Å². The first-order chi connectivity index (χ1) is 23.1. The maximum absolute atomic E-state index is 12.3. The second-order valence-corrected chi connectivity index (χ2v) is 14.5. The van der Waals surface area contributed by atoms with E-state index >= 15 is 0 Å². The molecule has 0 rings (SSSR count). The van der Waals surface area contributed by atoms with Crippen molar-refractivity contribution < 1.29 is 20.1 Å². The molecule has 0 aliphatic carbocycles. The van der Waals surface area contributed by atoms with Crippen LogP contribution in [0.1, 0.15) is 226 Å². The number of amides is 1. The Morgan fingerprint density at radius 3 is 1.23 bits per heavy atom. The van der Waals surface area contributed by atoms with Crippen molar-refractivity contribution in [3.05, 3.63) is 12.2 Å². The maximum Gasteiger partial charge on any atom is 0.220 e. The molecule has 3 atom stereocenters. The lowest BCUT2D eigenvalue weighted by atomic mass is 10.0. The van der Waals surface area contributed by atoms with E-state index in [1.165, 1.54) is 161 Å². The zero-order valence-electron chi connectivity index (χ0n) is 31.7. The molecule has 0 fully saturated rings. The third kappa shape index (κ3) is 33.4. The van der Waals surface area contributed by atoms with E-state index in [4.69, 9.17) is 0 Å². The fourth-order valence-electron chi connectivity index (χ4n) is 6.57. The smallest absolute Gasteiger partial charge is 0.220 e. The molecule has 0 aromatic heterocycles. The van der Waals surface area contributed by atoms with Crippen LogP contribution in [0.15, 0.2) is 12.2 Å². The van der Waals surface area contributed by atoms with E-state index in [1.54, 1.807) is 0 Å². The van der Waals surface area contributed by atoms with Gasteiger partial charge in [-0.05, 0) is 38.5 Å². The Labute approximate surface area is 293 Å². The summed E-state index contributed by atoms with van der Waals surface area (Å²) in [4.78, 5) is 12.3. The van der Waals surface area contributed by atoms with Gasteiger partial charge in [-0.2, -0.15) is 0 Å². The van der Waals surface area contributed by atoms with E-state index in [9.17, 15) is 20.1 Å². The lowest BCUT2D eigenvalue weighted by molar-refractivity contribution is -0.124. The second-order valence-electron chi connectivity index (χ2n) is 14.5. The summed E-state index contributed by atoms with van der Waals surface area (Å²) in [7, 11) is 0. The average molecular weight is 666 g/mol. The van der Waals surface area contributed by atoms with E-state index in [0.29, 0.717) is 12.8 Å². The van der Waals surface area contributed by atoms with Crippen LogP contribution >= 0.6 is 0 Å². The molecular formula is C42H83NO4. The molecule has 0 bridgehead atoms. The number of unbranched alkanes of at least 4 members (excludes halogenated alkanes) is 28. The molecule has 0 aliphatic heterocycles. The van der Waals surface area contributed by atoms with Crippen LogP contribution in [0.2, 0.25) is 0 Å². The van der Waals surface area contributed by atoms with Crippen molar-refractivity contribution in [1.82, 2.24) is 5.32 Å². The van der Waals surface area contributed by atoms with E-state index in [1.807, 2.05) is 0 Å². The molecular weight excluding hydrogens is 582 g/mol. The second kappa shape index (κ2) is 37.9. The summed E-state index contributed by atoms with van der Waals surface area (Å²) < 4.78 is 0. The van der Waals surface area contributed by atoms with Gasteiger partial charge < -0.3 is 20.6 Å². The summed E-state index contributed by atoms with van der Waals surface area (Å²) in [6.45, 7) is 4.15. The molecule has 3 unspecified atom stereocenters. The Morgan fingerprint density at radius 1 is 0.511 bits per heavy atom. The van der Waals surface area contributed by atoms with E-state index in [2.05, 4.69) is 31.3 Å². The molecule has 0 aromatic carbocycles. The number of rotatable bonds is 38. The van der Waals surface area contributed by atoms with Gasteiger partial charge in [0.15, 0.2) is 0 Å². The molecule has 0 spiro atoms. The van der Waals surface area contributed by atoms with Gasteiger partial charge in [0, 0.05) is 6.42 Å². The van der Waals surface area contributed by atoms with E-state index in [-0.39, 0.29) is 12.5 Å². The zero-order chi connectivity index (χ0) is 34.5. The standard InChI is InChI=1S/C42H83NO4/c1-3-5-7-9-11-13-15-16-17-18-19-20-21-22-23-24-25-26-27-28-30-32-34-36-40(45)42(47)39(38-44)43-41(46)37-35-33-31-29-14-12-10-8-6-4-2/h28,30,39-40,42,44-45,47H,3-27,29,31-38H2,1-2H3,(H,43,46)/b30-28+. The minimum absolute atomic E-state index is 0.155. The Bertz CT molecular complexity index is 655. The minimum Gasteiger partial charge on any atom is -0.394 e. The number of aliphatic hydroxyl groups excluding tert-OH is 3. The molecule has 0 radical (unpaired) electrons. The number of nitrogens with one attached hydrogen (secondary N) is 1. The average Bonchev–Trinajstić information content (AvgIpc) is 3.07. The molecule has 1 amide bonds. The van der Waals surface area contributed by atoms with Crippen LogP contribution in [-0.2, 0) is 4.79 Å². The molecule has 0 heterocycles. The first kappa shape index (κ1) is 46.1. The van der Waals surface area contributed by atoms with Gasteiger partial charge in [0.1, 0.15) is 6.10 Å². The Kier molecular flexibility index (Phi) is 37.2. The van der Waals surface area contributed by atoms with Crippen molar-refractivity contribution in [1.29, 1.82) is 0 Å². The van der Waals surface area contributed by atoms with Crippen molar-refractivity contribution in [2.24, 2.45) is 0 Å². The Hall–Kier alpha value is -0.910. The number of carbonyl (C=O) groups excluding carboxylic acids is 1. The van der Waals surface area contributed by atoms with Crippen LogP contribution in [0.5, 0.6) is 0 Å². The molecule has 0 aromatic rings. The van der Waals surface area contributed by atoms with Crippen molar-refractivity contribution >= 4 is 5.91 Å². The summed E-state index contributed by atoms with van der Waals surface area (Å²) >= 11 is 0. The fraction of sp³-hybridized carbons (Fsp3) is 0.929. The highest BCUT2D eigenvalue weighted by Gasteiger charge is 2.26. The van der Waals surface area contributed by atoms with Gasteiger partial charge in [0.25, 0.3) is 0 Å². The lowest BCUT2D eigenvalue weighted by Crippen LogP contribution is -2.50. The number of carbonyl (C=O) groups is 1. The fourth-order valence-corrected chi connectivity index (χ4v) is 6.57. The number of allylic oxidation sites excluding steroid dienone is 2. The van der Waals surface area contributed by atoms with Crippen LogP contribution in [-0.4, -0.2) is 46.1 Å². The van der Waals surface area contributed by atoms with Gasteiger partial charge in [-0.3, -0.25) is 4.79 Å². The van der Waals surface area contributed by atoms with Crippen molar-refractivity contribution in [2.75, 3.05) is 6.61 Å². The molecule has 4 N–H and O–H groups in total. The summed E-state index contributed by atoms with van der Waals surface area (Å²) in [5.74, 6) is -0.155. The summed E-state index contributed by atoms with van der Waals surface area (Å²) in [6, 6.07) is -0.819. The first-order valence-corrected chi connectivity index (χ1v) is 21.0. The summed E-state index contributed by atoms with van der Waals surface area (Å²) in [5.41, 5.74) is 0. The predicted octanol–water partition coefficient (Wildman–Crippen LogP) is 11.7. The molecule has 5 heteroatoms. The Morgan fingerprint density at radius 2 is 0.851 bits per heavy atom. The monoisotopic (exact) mass is 666 g/mol. The molecule has 0 saturated heterocycles. The zero-order valence-corrected chi connectivity index (χ0v) is 31.7. The molecule has 0 aliphatic rings. The van der Waals surface area contributed by atoms with Crippen LogP contribution in [0.25, 0.3) is 0 Å². The number of hydrogen-bond acceptors (Lipinski definition) is 4. The van der Waals surface area contributed by atoms with Gasteiger partial charge in [0.05, 0.1) is 18.8 Å². The van der Waals surface area contributed by atoms with E-state index in [0.717, 1.165) is 38.5 Å². The van der Waals surface area contributed by atoms with Gasteiger partial charge in [-0.25, -0.2) is 0 Å². The van der Waals surface area contributed by atoms with Crippen LogP contribution in [0.3, 0.4) is 0 Å². The highest BCUT2D eigenvalue weighted by atomic mass is 16.3. The van der Waals surface area contributed by atoms with Gasteiger partial charge in [-0.1, -0.05) is 193 Å². The molecule has 0 saturated carbocycles. The van der Waals surface area contributed by atoms with Crippen LogP contribution < -0.4 is 5.32 Å². The maximum atomic E-state index is 12.3. The third-order valence-electron chi connectivity index (χ3n) is 9.87. The third-order valence-corrected chi connectivity index (χ3v) is 9.87. The summed E-state index contributed by atoms with van der Waals surface area (Å²) in [5, 5.41) is 33.4. The highest BCUT2D eigenvalue weighted by molar-refractivity contribution is 5.76. The largest absolute Gasteiger partial charge is 0.394 e. The lowest BCUT2D eigenvalue weighted by Gasteiger charge is -2.26. The van der Waals surface area contributed by atoms with E-state index < -0.39 is 18.2 Å². The Balaban J connectivity index is 3.60. The normalized spacial score (nSPS) is 13.7. The molecule has 280 valence electrons. The minimum atomic E-state index is -1.15. The molecule has 5 nitrogen and oxygen atoms in total. The van der Waals surface area contributed by atoms with Crippen LogP contribution in [0, 0.1) is 0 Å². The van der Waals surface area contributed by atoms with Crippen molar-refractivity contribution in [3.8, 4) is 0 Å². The highest BCUT2D eigenvalue weighted by Crippen LogP contribution is 2.16.